The molecule has 1 unspecified atom stereocenters. The number of halogens is 3. The fourth-order valence-corrected chi connectivity index (χ4v) is 4.56. The first-order chi connectivity index (χ1) is 17.6. The zero-order chi connectivity index (χ0) is 26.6. The summed E-state index contributed by atoms with van der Waals surface area (Å²) in [5, 5.41) is 5.95. The van der Waals surface area contributed by atoms with Gasteiger partial charge in [0.1, 0.15) is 17.4 Å². The van der Waals surface area contributed by atoms with Crippen molar-refractivity contribution in [3.05, 3.63) is 35.5 Å². The number of methoxy groups -OCH3 is 1. The van der Waals surface area contributed by atoms with Crippen molar-refractivity contribution in [1.82, 2.24) is 25.1 Å². The van der Waals surface area contributed by atoms with E-state index in [0.717, 1.165) is 38.9 Å². The van der Waals surface area contributed by atoms with Crippen LogP contribution in [0.3, 0.4) is 0 Å². The number of piperidine rings is 2. The van der Waals surface area contributed by atoms with Gasteiger partial charge in [0, 0.05) is 24.3 Å². The molecule has 202 valence electrons. The first-order valence-electron chi connectivity index (χ1n) is 12.4. The van der Waals surface area contributed by atoms with Crippen LogP contribution in [0.2, 0.25) is 0 Å². The third kappa shape index (κ3) is 7.01. The van der Waals surface area contributed by atoms with Crippen molar-refractivity contribution in [2.45, 2.75) is 44.0 Å². The SMILES string of the molecule is COc1cc(C(=O)NC2CCN(C)CC2)ccc1Nc1ncc(C(F)(F)F)c(OC2CCCN(C)C2)n1. The number of anilines is 2. The van der Waals surface area contributed by atoms with E-state index in [1.807, 2.05) is 11.9 Å². The molecule has 1 amide bonds. The van der Waals surface area contributed by atoms with Crippen LogP contribution in [0.15, 0.2) is 24.4 Å². The maximum Gasteiger partial charge on any atom is 0.423 e. The van der Waals surface area contributed by atoms with Crippen molar-refractivity contribution < 1.29 is 27.4 Å². The van der Waals surface area contributed by atoms with Gasteiger partial charge in [-0.15, -0.1) is 0 Å². The van der Waals surface area contributed by atoms with E-state index >= 15 is 0 Å². The molecule has 2 saturated heterocycles. The lowest BCUT2D eigenvalue weighted by atomic mass is 10.0. The average Bonchev–Trinajstić information content (AvgIpc) is 2.85. The van der Waals surface area contributed by atoms with Crippen molar-refractivity contribution in [2.75, 3.05) is 52.7 Å². The monoisotopic (exact) mass is 522 g/mol. The molecule has 9 nitrogen and oxygen atoms in total. The lowest BCUT2D eigenvalue weighted by Crippen LogP contribution is -2.43. The van der Waals surface area contributed by atoms with Gasteiger partial charge < -0.3 is 29.9 Å². The number of benzene rings is 1. The minimum Gasteiger partial charge on any atom is -0.495 e. The van der Waals surface area contributed by atoms with E-state index in [1.54, 1.807) is 18.2 Å². The van der Waals surface area contributed by atoms with Gasteiger partial charge in [-0.2, -0.15) is 18.2 Å². The Kier molecular flexibility index (Phi) is 8.38. The van der Waals surface area contributed by atoms with Gasteiger partial charge in [-0.1, -0.05) is 0 Å². The molecular formula is C25H33F3N6O3. The zero-order valence-corrected chi connectivity index (χ0v) is 21.3. The molecule has 0 spiro atoms. The Labute approximate surface area is 214 Å². The summed E-state index contributed by atoms with van der Waals surface area (Å²) in [6, 6.07) is 4.91. The summed E-state index contributed by atoms with van der Waals surface area (Å²) in [6.07, 6.45) is -1.11. The van der Waals surface area contributed by atoms with Crippen molar-refractivity contribution >= 4 is 17.5 Å². The highest BCUT2D eigenvalue weighted by molar-refractivity contribution is 5.95. The fourth-order valence-electron chi connectivity index (χ4n) is 4.56. The van der Waals surface area contributed by atoms with E-state index in [2.05, 4.69) is 32.5 Å². The molecule has 2 fully saturated rings. The topological polar surface area (TPSA) is 91.9 Å². The Balaban J connectivity index is 1.50. The van der Waals surface area contributed by atoms with Crippen LogP contribution in [0.1, 0.15) is 41.6 Å². The molecule has 4 rings (SSSR count). The molecule has 0 aliphatic carbocycles. The number of hydrogen-bond donors (Lipinski definition) is 2. The number of likely N-dealkylation sites (N-methyl/N-ethyl adjacent to an activating group) is 1. The first kappa shape index (κ1) is 26.9. The second kappa shape index (κ2) is 11.5. The molecule has 1 aromatic carbocycles. The molecule has 1 atom stereocenters. The molecule has 3 heterocycles. The van der Waals surface area contributed by atoms with Crippen molar-refractivity contribution in [1.29, 1.82) is 0 Å². The molecule has 2 aliphatic heterocycles. The van der Waals surface area contributed by atoms with Gasteiger partial charge in [-0.3, -0.25) is 4.79 Å². The van der Waals surface area contributed by atoms with Crippen LogP contribution in [0.25, 0.3) is 0 Å². The number of nitrogens with one attached hydrogen (secondary N) is 2. The van der Waals surface area contributed by atoms with Crippen molar-refractivity contribution in [2.24, 2.45) is 0 Å². The number of carbonyl (C=O) groups is 1. The van der Waals surface area contributed by atoms with Gasteiger partial charge in [-0.05, 0) is 77.6 Å². The van der Waals surface area contributed by atoms with Crippen molar-refractivity contribution in [3.8, 4) is 11.6 Å². The number of rotatable bonds is 7. The summed E-state index contributed by atoms with van der Waals surface area (Å²) in [6.45, 7) is 3.23. The number of likely N-dealkylation sites (tertiary alicyclic amines) is 2. The van der Waals surface area contributed by atoms with Crippen LogP contribution in [0.4, 0.5) is 24.8 Å². The Hall–Kier alpha value is -3.12. The number of carbonyl (C=O) groups excluding carboxylic acids is 1. The van der Waals surface area contributed by atoms with Crippen LogP contribution in [0, 0.1) is 0 Å². The molecular weight excluding hydrogens is 489 g/mol. The number of ether oxygens (including phenoxy) is 2. The van der Waals surface area contributed by atoms with Gasteiger partial charge in [0.15, 0.2) is 0 Å². The second-order valence-corrected chi connectivity index (χ2v) is 9.65. The normalized spacial score (nSPS) is 19.9. The van der Waals surface area contributed by atoms with E-state index in [4.69, 9.17) is 9.47 Å². The molecule has 12 heteroatoms. The van der Waals surface area contributed by atoms with Gasteiger partial charge in [-0.25, -0.2) is 4.98 Å². The molecule has 0 saturated carbocycles. The maximum absolute atomic E-state index is 13.6. The quantitative estimate of drug-likeness (QED) is 0.571. The zero-order valence-electron chi connectivity index (χ0n) is 21.3. The average molecular weight is 523 g/mol. The molecule has 1 aromatic heterocycles. The first-order valence-corrected chi connectivity index (χ1v) is 12.4. The molecule has 0 bridgehead atoms. The highest BCUT2D eigenvalue weighted by atomic mass is 19.4. The van der Waals surface area contributed by atoms with Crippen molar-refractivity contribution in [3.63, 3.8) is 0 Å². The van der Waals surface area contributed by atoms with Gasteiger partial charge in [0.05, 0.1) is 12.8 Å². The number of hydrogen-bond acceptors (Lipinski definition) is 8. The van der Waals surface area contributed by atoms with Crippen LogP contribution in [0.5, 0.6) is 11.6 Å². The van der Waals surface area contributed by atoms with Crippen LogP contribution in [-0.4, -0.2) is 85.2 Å². The molecule has 2 N–H and O–H groups in total. The molecule has 37 heavy (non-hydrogen) atoms. The minimum absolute atomic E-state index is 0.0750. The Bertz CT molecular complexity index is 1090. The lowest BCUT2D eigenvalue weighted by molar-refractivity contribution is -0.140. The molecule has 0 radical (unpaired) electrons. The van der Waals surface area contributed by atoms with Gasteiger partial charge in [0.2, 0.25) is 11.8 Å². The van der Waals surface area contributed by atoms with E-state index in [0.29, 0.717) is 36.2 Å². The molecule has 2 aromatic rings. The summed E-state index contributed by atoms with van der Waals surface area (Å²) < 4.78 is 52.0. The maximum atomic E-state index is 13.6. The number of amides is 1. The summed E-state index contributed by atoms with van der Waals surface area (Å²) in [4.78, 5) is 24.9. The van der Waals surface area contributed by atoms with E-state index in [-0.39, 0.29) is 17.9 Å². The lowest BCUT2D eigenvalue weighted by Gasteiger charge is -2.30. The van der Waals surface area contributed by atoms with Gasteiger partial charge >= 0.3 is 6.18 Å². The Morgan fingerprint density at radius 3 is 2.54 bits per heavy atom. The standard InChI is InChI=1S/C25H33F3N6O3/c1-33-11-8-17(9-12-33)30-22(35)16-6-7-20(21(13-16)36-3)31-24-29-14-19(25(26,27)28)23(32-24)37-18-5-4-10-34(2)15-18/h6-7,13-14,17-18H,4-5,8-12,15H2,1-3H3,(H,30,35)(H,29,31,32). The Morgan fingerprint density at radius 1 is 1.11 bits per heavy atom. The largest absolute Gasteiger partial charge is 0.495 e. The Morgan fingerprint density at radius 2 is 1.86 bits per heavy atom. The van der Waals surface area contributed by atoms with Crippen LogP contribution >= 0.6 is 0 Å². The minimum atomic E-state index is -4.66. The highest BCUT2D eigenvalue weighted by Crippen LogP contribution is 2.37. The number of nitrogens with zero attached hydrogens (tertiary/aromatic N) is 4. The molecule has 2 aliphatic rings. The highest BCUT2D eigenvalue weighted by Gasteiger charge is 2.37. The predicted molar refractivity (Wildman–Crippen MR) is 132 cm³/mol. The van der Waals surface area contributed by atoms with Crippen LogP contribution < -0.4 is 20.1 Å². The summed E-state index contributed by atoms with van der Waals surface area (Å²) >= 11 is 0. The second-order valence-electron chi connectivity index (χ2n) is 9.65. The number of alkyl halides is 3. The fraction of sp³-hybridized carbons (Fsp3) is 0.560. The smallest absolute Gasteiger partial charge is 0.423 e. The van der Waals surface area contributed by atoms with Crippen LogP contribution in [-0.2, 0) is 6.18 Å². The van der Waals surface area contributed by atoms with E-state index < -0.39 is 23.7 Å². The predicted octanol–water partition coefficient (Wildman–Crippen LogP) is 3.54. The van der Waals surface area contributed by atoms with Gasteiger partial charge in [0.25, 0.3) is 5.91 Å². The van der Waals surface area contributed by atoms with E-state index in [1.165, 1.54) is 7.11 Å². The number of aromatic nitrogens is 2. The third-order valence-electron chi connectivity index (χ3n) is 6.68. The summed E-state index contributed by atoms with van der Waals surface area (Å²) in [7, 11) is 5.40. The summed E-state index contributed by atoms with van der Waals surface area (Å²) in [5.41, 5.74) is -0.208. The third-order valence-corrected chi connectivity index (χ3v) is 6.68. The summed E-state index contributed by atoms with van der Waals surface area (Å²) in [5.74, 6) is -0.471. The van der Waals surface area contributed by atoms with E-state index in [9.17, 15) is 18.0 Å².